The number of aromatic nitrogens is 5. The molecule has 0 amide bonds. The standard InChI is InChI=1S/C21H25N7O4/c1-12-8-30-9-17(12)28-15(5-22)4-14-6-23-21(25-19(14)28)24-16-7-27(11-29-3)26-20(16)32-18-10-31-13(18)2/h4,6-7,12-13,17-18H,8-11H2,1-3H3,(H,23,24,25)/t12-,13-,17-,18+/m0/s1. The van der Waals surface area contributed by atoms with Gasteiger partial charge in [-0.05, 0) is 13.0 Å². The number of ether oxygens (including phenoxy) is 4. The van der Waals surface area contributed by atoms with E-state index in [0.29, 0.717) is 48.7 Å². The van der Waals surface area contributed by atoms with Crippen LogP contribution in [-0.4, -0.2) is 63.5 Å². The molecule has 0 bridgehead atoms. The predicted octanol–water partition coefficient (Wildman–Crippen LogP) is 2.22. The summed E-state index contributed by atoms with van der Waals surface area (Å²) >= 11 is 0. The van der Waals surface area contributed by atoms with Gasteiger partial charge in [0.25, 0.3) is 5.88 Å². The molecule has 5 heterocycles. The minimum atomic E-state index is -0.0656. The molecule has 2 aliphatic heterocycles. The van der Waals surface area contributed by atoms with Crippen molar-refractivity contribution in [3.05, 3.63) is 24.2 Å². The van der Waals surface area contributed by atoms with E-state index in [1.807, 2.05) is 17.6 Å². The fourth-order valence-corrected chi connectivity index (χ4v) is 4.00. The number of hydrogen-bond donors (Lipinski definition) is 1. The summed E-state index contributed by atoms with van der Waals surface area (Å²) < 4.78 is 25.8. The van der Waals surface area contributed by atoms with Crippen molar-refractivity contribution in [1.82, 2.24) is 24.3 Å². The zero-order valence-corrected chi connectivity index (χ0v) is 18.2. The van der Waals surface area contributed by atoms with Gasteiger partial charge in [-0.2, -0.15) is 10.2 Å². The first-order chi connectivity index (χ1) is 15.6. The summed E-state index contributed by atoms with van der Waals surface area (Å²) in [4.78, 5) is 9.16. The molecule has 0 radical (unpaired) electrons. The minimum Gasteiger partial charge on any atom is -0.467 e. The normalized spacial score (nSPS) is 24.9. The molecule has 0 saturated carbocycles. The predicted molar refractivity (Wildman–Crippen MR) is 114 cm³/mol. The van der Waals surface area contributed by atoms with Crippen LogP contribution in [0.4, 0.5) is 11.6 Å². The van der Waals surface area contributed by atoms with Gasteiger partial charge in [0.15, 0.2) is 0 Å². The molecule has 32 heavy (non-hydrogen) atoms. The smallest absolute Gasteiger partial charge is 0.257 e. The Morgan fingerprint density at radius 3 is 2.84 bits per heavy atom. The van der Waals surface area contributed by atoms with Crippen molar-refractivity contribution in [2.75, 3.05) is 32.2 Å². The number of anilines is 2. The molecule has 2 fully saturated rings. The molecule has 3 aromatic rings. The second-order valence-corrected chi connectivity index (χ2v) is 8.19. The summed E-state index contributed by atoms with van der Waals surface area (Å²) in [5, 5.41) is 18.1. The quantitative estimate of drug-likeness (QED) is 0.590. The summed E-state index contributed by atoms with van der Waals surface area (Å²) in [6.07, 6.45) is 3.43. The first-order valence-corrected chi connectivity index (χ1v) is 10.5. The van der Waals surface area contributed by atoms with Crippen molar-refractivity contribution < 1.29 is 18.9 Å². The molecule has 168 valence electrons. The number of fused-ring (bicyclic) bond motifs is 1. The molecule has 3 aromatic heterocycles. The Kier molecular flexibility index (Phi) is 5.42. The number of rotatable bonds is 7. The van der Waals surface area contributed by atoms with Gasteiger partial charge in [-0.25, -0.2) is 9.67 Å². The monoisotopic (exact) mass is 439 g/mol. The van der Waals surface area contributed by atoms with Gasteiger partial charge >= 0.3 is 0 Å². The summed E-state index contributed by atoms with van der Waals surface area (Å²) in [6.45, 7) is 6.09. The van der Waals surface area contributed by atoms with Crippen LogP contribution in [0.2, 0.25) is 0 Å². The zero-order chi connectivity index (χ0) is 22.2. The summed E-state index contributed by atoms with van der Waals surface area (Å²) in [5.74, 6) is 1.09. The molecular weight excluding hydrogens is 414 g/mol. The molecular formula is C21H25N7O4. The Labute approximate surface area is 184 Å². The number of nitrogens with zero attached hydrogens (tertiary/aromatic N) is 6. The first kappa shape index (κ1) is 20.7. The Bertz CT molecular complexity index is 1170. The molecule has 0 unspecified atom stereocenters. The van der Waals surface area contributed by atoms with Crippen LogP contribution in [0.15, 0.2) is 18.5 Å². The fourth-order valence-electron chi connectivity index (χ4n) is 4.00. The lowest BCUT2D eigenvalue weighted by atomic mass is 10.1. The van der Waals surface area contributed by atoms with E-state index in [4.69, 9.17) is 23.9 Å². The van der Waals surface area contributed by atoms with Crippen molar-refractivity contribution >= 4 is 22.7 Å². The highest BCUT2D eigenvalue weighted by atomic mass is 16.6. The SMILES string of the molecule is COCn1cc(Nc2ncc3cc(C#N)n([C@H]4COC[C@@H]4C)c3n2)c(O[C@@H]2CO[C@H]2C)n1. The lowest BCUT2D eigenvalue weighted by molar-refractivity contribution is -0.140. The van der Waals surface area contributed by atoms with Crippen molar-refractivity contribution in [1.29, 1.82) is 5.26 Å². The van der Waals surface area contributed by atoms with Crippen molar-refractivity contribution in [3.8, 4) is 11.9 Å². The van der Waals surface area contributed by atoms with Gasteiger partial charge in [0.2, 0.25) is 5.95 Å². The lowest BCUT2D eigenvalue weighted by Crippen LogP contribution is -2.46. The van der Waals surface area contributed by atoms with Gasteiger partial charge < -0.3 is 28.8 Å². The highest BCUT2D eigenvalue weighted by molar-refractivity contribution is 5.79. The van der Waals surface area contributed by atoms with Gasteiger partial charge in [-0.3, -0.25) is 0 Å². The van der Waals surface area contributed by atoms with Crippen LogP contribution in [-0.2, 0) is 20.9 Å². The van der Waals surface area contributed by atoms with Gasteiger partial charge in [-0.1, -0.05) is 6.92 Å². The largest absolute Gasteiger partial charge is 0.467 e. The molecule has 0 aliphatic carbocycles. The Morgan fingerprint density at radius 2 is 2.19 bits per heavy atom. The van der Waals surface area contributed by atoms with Crippen LogP contribution in [0.5, 0.6) is 5.88 Å². The molecule has 0 aromatic carbocycles. The van der Waals surface area contributed by atoms with Crippen molar-refractivity contribution in [2.24, 2.45) is 5.92 Å². The molecule has 2 saturated heterocycles. The Morgan fingerprint density at radius 1 is 1.31 bits per heavy atom. The maximum absolute atomic E-state index is 9.67. The van der Waals surface area contributed by atoms with E-state index < -0.39 is 0 Å². The molecule has 0 spiro atoms. The summed E-state index contributed by atoms with van der Waals surface area (Å²) in [5.41, 5.74) is 1.86. The number of methoxy groups -OCH3 is 1. The minimum absolute atomic E-state index is 0.00586. The third-order valence-corrected chi connectivity index (χ3v) is 5.89. The van der Waals surface area contributed by atoms with Gasteiger partial charge in [-0.15, -0.1) is 5.10 Å². The van der Waals surface area contributed by atoms with Crippen molar-refractivity contribution in [2.45, 2.75) is 38.8 Å². The summed E-state index contributed by atoms with van der Waals surface area (Å²) in [6, 6.07) is 4.14. The maximum atomic E-state index is 9.67. The number of nitriles is 1. The molecule has 11 heteroatoms. The Hall–Kier alpha value is -3.20. The van der Waals surface area contributed by atoms with E-state index in [1.165, 1.54) is 0 Å². The maximum Gasteiger partial charge on any atom is 0.257 e. The van der Waals surface area contributed by atoms with Crippen LogP contribution >= 0.6 is 0 Å². The van der Waals surface area contributed by atoms with Crippen LogP contribution in [0, 0.1) is 17.2 Å². The molecule has 5 rings (SSSR count). The average Bonchev–Trinajstić information content (AvgIpc) is 3.47. The van der Waals surface area contributed by atoms with Crippen molar-refractivity contribution in [3.63, 3.8) is 0 Å². The topological polar surface area (TPSA) is 121 Å². The van der Waals surface area contributed by atoms with Crippen LogP contribution in [0.25, 0.3) is 11.0 Å². The third kappa shape index (κ3) is 3.66. The van der Waals surface area contributed by atoms with Gasteiger partial charge in [0.1, 0.15) is 35.9 Å². The van der Waals surface area contributed by atoms with Crippen LogP contribution in [0.1, 0.15) is 25.6 Å². The summed E-state index contributed by atoms with van der Waals surface area (Å²) in [7, 11) is 1.60. The Balaban J connectivity index is 1.48. The number of hydrogen-bond acceptors (Lipinski definition) is 9. The third-order valence-electron chi connectivity index (χ3n) is 5.89. The second kappa shape index (κ2) is 8.38. The van der Waals surface area contributed by atoms with E-state index in [2.05, 4.69) is 28.4 Å². The highest BCUT2D eigenvalue weighted by Gasteiger charge is 2.32. The molecule has 11 nitrogen and oxygen atoms in total. The van der Waals surface area contributed by atoms with E-state index in [0.717, 1.165) is 5.39 Å². The molecule has 4 atom stereocenters. The number of nitrogens with one attached hydrogen (secondary N) is 1. The molecule has 1 N–H and O–H groups in total. The van der Waals surface area contributed by atoms with Gasteiger partial charge in [0.05, 0.1) is 38.2 Å². The van der Waals surface area contributed by atoms with Crippen LogP contribution in [0.3, 0.4) is 0 Å². The second-order valence-electron chi connectivity index (χ2n) is 8.19. The molecule has 2 aliphatic rings. The zero-order valence-electron chi connectivity index (χ0n) is 18.2. The van der Waals surface area contributed by atoms with E-state index >= 15 is 0 Å². The van der Waals surface area contributed by atoms with E-state index in [9.17, 15) is 5.26 Å². The van der Waals surface area contributed by atoms with E-state index in [1.54, 1.807) is 24.2 Å². The lowest BCUT2D eigenvalue weighted by Gasteiger charge is -2.33. The highest BCUT2D eigenvalue weighted by Crippen LogP contribution is 2.33. The van der Waals surface area contributed by atoms with Gasteiger partial charge in [0, 0.05) is 24.6 Å². The van der Waals surface area contributed by atoms with Crippen LogP contribution < -0.4 is 10.1 Å². The average molecular weight is 439 g/mol. The van der Waals surface area contributed by atoms with E-state index in [-0.39, 0.29) is 30.9 Å². The fraction of sp³-hybridized carbons (Fsp3) is 0.524. The first-order valence-electron chi connectivity index (χ1n) is 10.5.